The average Bonchev–Trinajstić information content (AvgIpc) is 3.01. The molecule has 2 amide bonds. The molecule has 8 nitrogen and oxygen atoms in total. The minimum Gasteiger partial charge on any atom is -0.331 e. The summed E-state index contributed by atoms with van der Waals surface area (Å²) < 4.78 is 26.4. The van der Waals surface area contributed by atoms with Crippen LogP contribution in [0.5, 0.6) is 0 Å². The molecule has 0 spiro atoms. The quantitative estimate of drug-likeness (QED) is 0.574. The Hall–Kier alpha value is -2.91. The second-order valence-electron chi connectivity index (χ2n) is 6.35. The fourth-order valence-electron chi connectivity index (χ4n) is 2.78. The van der Waals surface area contributed by atoms with Gasteiger partial charge in [-0.05, 0) is 24.3 Å². The van der Waals surface area contributed by atoms with E-state index in [1.54, 1.807) is 23.7 Å². The number of carbonyl (C=O) groups is 2. The van der Waals surface area contributed by atoms with Gasteiger partial charge in [0.25, 0.3) is 0 Å². The maximum absolute atomic E-state index is 12.3. The number of fused-ring (bicyclic) bond motifs is 1. The molecule has 0 radical (unpaired) electrons. The summed E-state index contributed by atoms with van der Waals surface area (Å²) >= 11 is 5.90. The van der Waals surface area contributed by atoms with E-state index in [1.807, 2.05) is 24.3 Å². The van der Waals surface area contributed by atoms with Crippen LogP contribution in [0.2, 0.25) is 5.02 Å². The molecule has 0 atom stereocenters. The minimum absolute atomic E-state index is 0.0275. The number of halogens is 1. The van der Waals surface area contributed by atoms with Crippen molar-refractivity contribution in [1.29, 1.82) is 0 Å². The normalized spacial score (nSPS) is 11.4. The number of aryl methyl sites for hydroxylation is 1. The lowest BCUT2D eigenvalue weighted by Crippen LogP contribution is -2.43. The lowest BCUT2D eigenvalue weighted by molar-refractivity contribution is -0.128. The van der Waals surface area contributed by atoms with E-state index in [2.05, 4.69) is 15.8 Å². The molecule has 152 valence electrons. The van der Waals surface area contributed by atoms with Crippen molar-refractivity contribution >= 4 is 44.3 Å². The van der Waals surface area contributed by atoms with Crippen LogP contribution in [0, 0.1) is 0 Å². The first kappa shape index (κ1) is 20.8. The Morgan fingerprint density at radius 3 is 2.41 bits per heavy atom. The topological polar surface area (TPSA) is 110 Å². The van der Waals surface area contributed by atoms with E-state index in [-0.39, 0.29) is 22.8 Å². The molecule has 0 fully saturated rings. The third-order valence-electron chi connectivity index (χ3n) is 4.31. The van der Waals surface area contributed by atoms with Gasteiger partial charge in [0, 0.05) is 13.5 Å². The number of benzene rings is 2. The van der Waals surface area contributed by atoms with Crippen LogP contribution in [0.25, 0.3) is 11.0 Å². The molecule has 0 saturated carbocycles. The van der Waals surface area contributed by atoms with E-state index in [0.29, 0.717) is 5.82 Å². The van der Waals surface area contributed by atoms with Gasteiger partial charge in [-0.2, -0.15) is 0 Å². The Labute approximate surface area is 172 Å². The summed E-state index contributed by atoms with van der Waals surface area (Å²) in [5.41, 5.74) is 6.16. The summed E-state index contributed by atoms with van der Waals surface area (Å²) in [7, 11) is -1.91. The van der Waals surface area contributed by atoms with Gasteiger partial charge < -0.3 is 4.57 Å². The van der Waals surface area contributed by atoms with Gasteiger partial charge in [-0.25, -0.2) is 13.4 Å². The second kappa shape index (κ2) is 8.62. The maximum atomic E-state index is 12.3. The number of nitrogens with zero attached hydrogens (tertiary/aromatic N) is 2. The van der Waals surface area contributed by atoms with Gasteiger partial charge >= 0.3 is 0 Å². The van der Waals surface area contributed by atoms with Crippen molar-refractivity contribution in [1.82, 2.24) is 20.4 Å². The zero-order chi connectivity index (χ0) is 21.0. The van der Waals surface area contributed by atoms with Gasteiger partial charge in [0.15, 0.2) is 9.84 Å². The van der Waals surface area contributed by atoms with Crippen LogP contribution < -0.4 is 10.9 Å². The Balaban J connectivity index is 1.52. The molecular weight excluding hydrogens is 416 g/mol. The predicted octanol–water partition coefficient (Wildman–Crippen LogP) is 1.78. The molecule has 3 rings (SSSR count). The van der Waals surface area contributed by atoms with Crippen LogP contribution in [0.1, 0.15) is 12.2 Å². The average molecular weight is 435 g/mol. The highest BCUT2D eigenvalue weighted by atomic mass is 35.5. The highest BCUT2D eigenvalue weighted by Gasteiger charge is 2.19. The van der Waals surface area contributed by atoms with Crippen molar-refractivity contribution < 1.29 is 18.0 Å². The highest BCUT2D eigenvalue weighted by molar-refractivity contribution is 7.91. The van der Waals surface area contributed by atoms with E-state index in [4.69, 9.17) is 11.6 Å². The zero-order valence-corrected chi connectivity index (χ0v) is 17.1. The number of aromatic nitrogens is 2. The van der Waals surface area contributed by atoms with Crippen LogP contribution in [-0.4, -0.2) is 35.5 Å². The molecule has 0 aliphatic rings. The SMILES string of the molecule is Cn1c(CC(=O)NNC(=O)CCS(=O)(=O)c2ccccc2Cl)nc2ccccc21. The third-order valence-corrected chi connectivity index (χ3v) is 6.52. The number of para-hydroxylation sites is 2. The van der Waals surface area contributed by atoms with Crippen LogP contribution >= 0.6 is 11.6 Å². The fourth-order valence-corrected chi connectivity index (χ4v) is 4.59. The van der Waals surface area contributed by atoms with Crippen molar-refractivity contribution in [3.05, 3.63) is 59.4 Å². The molecule has 0 aliphatic carbocycles. The lowest BCUT2D eigenvalue weighted by atomic mass is 10.3. The first-order chi connectivity index (χ1) is 13.8. The fraction of sp³-hybridized carbons (Fsp3) is 0.211. The summed E-state index contributed by atoms with van der Waals surface area (Å²) in [4.78, 5) is 28.4. The third kappa shape index (κ3) is 4.93. The molecule has 29 heavy (non-hydrogen) atoms. The van der Waals surface area contributed by atoms with Crippen LogP contribution in [0.15, 0.2) is 53.4 Å². The van der Waals surface area contributed by atoms with Crippen LogP contribution in [0.3, 0.4) is 0 Å². The van der Waals surface area contributed by atoms with E-state index >= 15 is 0 Å². The number of hydrogen-bond donors (Lipinski definition) is 2. The van der Waals surface area contributed by atoms with Crippen LogP contribution in [0.4, 0.5) is 0 Å². The van der Waals surface area contributed by atoms with Gasteiger partial charge in [-0.15, -0.1) is 0 Å². The summed E-state index contributed by atoms with van der Waals surface area (Å²) in [6, 6.07) is 13.5. The zero-order valence-electron chi connectivity index (χ0n) is 15.6. The number of amides is 2. The first-order valence-electron chi connectivity index (χ1n) is 8.73. The standard InChI is InChI=1S/C19H19ClN4O4S/c1-24-15-8-4-3-7-14(15)21-17(24)12-19(26)23-22-18(25)10-11-29(27,28)16-9-5-2-6-13(16)20/h2-9H,10-12H2,1H3,(H,22,25)(H,23,26). The summed E-state index contributed by atoms with van der Waals surface area (Å²) in [5, 5.41) is 0.101. The molecule has 0 unspecified atom stereocenters. The molecule has 0 bridgehead atoms. The predicted molar refractivity (Wildman–Crippen MR) is 109 cm³/mol. The molecular formula is C19H19ClN4O4S. The van der Waals surface area contributed by atoms with Crippen molar-refractivity contribution in [2.75, 3.05) is 5.75 Å². The van der Waals surface area contributed by atoms with E-state index in [0.717, 1.165) is 11.0 Å². The first-order valence-corrected chi connectivity index (χ1v) is 10.8. The second-order valence-corrected chi connectivity index (χ2v) is 8.83. The summed E-state index contributed by atoms with van der Waals surface area (Å²) in [5.74, 6) is -0.979. The number of hydrogen-bond acceptors (Lipinski definition) is 5. The Bertz CT molecular complexity index is 1170. The molecule has 3 aromatic rings. The van der Waals surface area contributed by atoms with Gasteiger partial charge in [0.05, 0.1) is 33.1 Å². The number of sulfone groups is 1. The van der Waals surface area contributed by atoms with Gasteiger partial charge in [0.2, 0.25) is 11.8 Å². The van der Waals surface area contributed by atoms with E-state index < -0.39 is 27.4 Å². The number of nitrogens with one attached hydrogen (secondary N) is 2. The maximum Gasteiger partial charge on any atom is 0.245 e. The minimum atomic E-state index is -3.71. The van der Waals surface area contributed by atoms with Gasteiger partial charge in [-0.1, -0.05) is 35.9 Å². The van der Waals surface area contributed by atoms with Crippen molar-refractivity contribution in [2.24, 2.45) is 7.05 Å². The number of carbonyl (C=O) groups excluding carboxylic acids is 2. The monoisotopic (exact) mass is 434 g/mol. The van der Waals surface area contributed by atoms with Crippen molar-refractivity contribution in [3.63, 3.8) is 0 Å². The number of hydrazine groups is 1. The van der Waals surface area contributed by atoms with Crippen molar-refractivity contribution in [3.8, 4) is 0 Å². The summed E-state index contributed by atoms with van der Waals surface area (Å²) in [6.45, 7) is 0. The van der Waals surface area contributed by atoms with E-state index in [1.165, 1.54) is 12.1 Å². The smallest absolute Gasteiger partial charge is 0.245 e. The Kier molecular flexibility index (Phi) is 6.19. The molecule has 1 aromatic heterocycles. The van der Waals surface area contributed by atoms with Gasteiger partial charge in [0.1, 0.15) is 5.82 Å². The van der Waals surface area contributed by atoms with Gasteiger partial charge in [-0.3, -0.25) is 20.4 Å². The molecule has 10 heteroatoms. The van der Waals surface area contributed by atoms with E-state index in [9.17, 15) is 18.0 Å². The molecule has 0 aliphatic heterocycles. The highest BCUT2D eigenvalue weighted by Crippen LogP contribution is 2.22. The molecule has 1 heterocycles. The number of rotatable bonds is 6. The summed E-state index contributed by atoms with van der Waals surface area (Å²) in [6.07, 6.45) is -0.358. The largest absolute Gasteiger partial charge is 0.331 e. The lowest BCUT2D eigenvalue weighted by Gasteiger charge is -2.09. The Morgan fingerprint density at radius 1 is 1.03 bits per heavy atom. The number of imidazole rings is 1. The molecule has 0 saturated heterocycles. The van der Waals surface area contributed by atoms with Crippen molar-refractivity contribution in [2.45, 2.75) is 17.7 Å². The molecule has 2 aromatic carbocycles. The van der Waals surface area contributed by atoms with Crippen LogP contribution in [-0.2, 0) is 32.9 Å². The Morgan fingerprint density at radius 2 is 1.69 bits per heavy atom. The molecule has 2 N–H and O–H groups in total.